The summed E-state index contributed by atoms with van der Waals surface area (Å²) >= 11 is 1.57. The summed E-state index contributed by atoms with van der Waals surface area (Å²) in [5.74, 6) is 1.12. The molecule has 24 heavy (non-hydrogen) atoms. The van der Waals surface area contributed by atoms with Gasteiger partial charge >= 0.3 is 0 Å². The second kappa shape index (κ2) is 7.89. The van der Waals surface area contributed by atoms with Crippen LogP contribution < -0.4 is 5.32 Å². The molecular weight excluding hydrogens is 344 g/mol. The van der Waals surface area contributed by atoms with Crippen molar-refractivity contribution in [1.29, 1.82) is 0 Å². The van der Waals surface area contributed by atoms with Gasteiger partial charge < -0.3 is 5.32 Å². The molecule has 0 spiro atoms. The van der Waals surface area contributed by atoms with Crippen molar-refractivity contribution < 1.29 is 13.2 Å². The van der Waals surface area contributed by atoms with Gasteiger partial charge in [0.05, 0.1) is 10.6 Å². The van der Waals surface area contributed by atoms with E-state index >= 15 is 0 Å². The van der Waals surface area contributed by atoms with Crippen LogP contribution in [-0.2, 0) is 14.8 Å². The highest BCUT2D eigenvalue weighted by molar-refractivity contribution is 7.99. The minimum atomic E-state index is -3.58. The van der Waals surface area contributed by atoms with Crippen LogP contribution in [0, 0.1) is 11.8 Å². The lowest BCUT2D eigenvalue weighted by molar-refractivity contribution is -0.115. The van der Waals surface area contributed by atoms with Crippen LogP contribution in [0.2, 0.25) is 0 Å². The topological polar surface area (TPSA) is 66.5 Å². The van der Waals surface area contributed by atoms with E-state index in [-0.39, 0.29) is 22.6 Å². The number of benzene rings is 1. The van der Waals surface area contributed by atoms with Gasteiger partial charge in [-0.1, -0.05) is 27.7 Å². The molecule has 0 saturated heterocycles. The van der Waals surface area contributed by atoms with Crippen molar-refractivity contribution in [3.63, 3.8) is 0 Å². The molecular formula is C17H26N2O3S2. The van der Waals surface area contributed by atoms with Crippen molar-refractivity contribution in [2.24, 2.45) is 11.8 Å². The van der Waals surface area contributed by atoms with Gasteiger partial charge in [0.15, 0.2) is 0 Å². The molecule has 0 saturated carbocycles. The molecule has 7 heteroatoms. The van der Waals surface area contributed by atoms with E-state index in [0.717, 1.165) is 4.90 Å². The quantitative estimate of drug-likeness (QED) is 0.833. The average molecular weight is 371 g/mol. The summed E-state index contributed by atoms with van der Waals surface area (Å²) in [6.45, 7) is 9.01. The molecule has 2 rings (SSSR count). The fourth-order valence-corrected chi connectivity index (χ4v) is 5.32. The van der Waals surface area contributed by atoms with Crippen LogP contribution in [0.1, 0.15) is 34.1 Å². The second-order valence-corrected chi connectivity index (χ2v) is 9.99. The normalized spacial score (nSPS) is 15.5. The van der Waals surface area contributed by atoms with E-state index in [9.17, 15) is 13.2 Å². The number of thioether (sulfide) groups is 1. The Morgan fingerprint density at radius 2 is 1.79 bits per heavy atom. The summed E-state index contributed by atoms with van der Waals surface area (Å²) in [6, 6.07) is 5.03. The summed E-state index contributed by atoms with van der Waals surface area (Å²) in [5, 5.41) is 2.81. The third-order valence-corrected chi connectivity index (χ3v) is 6.49. The maximum atomic E-state index is 13.1. The number of nitrogens with one attached hydrogen (secondary N) is 1. The molecule has 1 amide bonds. The summed E-state index contributed by atoms with van der Waals surface area (Å²) in [4.78, 5) is 12.9. The van der Waals surface area contributed by atoms with Gasteiger partial charge in [-0.2, -0.15) is 4.31 Å². The zero-order valence-electron chi connectivity index (χ0n) is 14.7. The summed E-state index contributed by atoms with van der Waals surface area (Å²) in [7, 11) is -3.58. The van der Waals surface area contributed by atoms with Crippen LogP contribution in [-0.4, -0.2) is 37.5 Å². The molecule has 1 N–H and O–H groups in total. The monoisotopic (exact) mass is 370 g/mol. The first-order chi connectivity index (χ1) is 11.2. The van der Waals surface area contributed by atoms with Gasteiger partial charge in [0, 0.05) is 30.2 Å². The Morgan fingerprint density at radius 3 is 2.38 bits per heavy atom. The largest absolute Gasteiger partial charge is 0.325 e. The number of carbonyl (C=O) groups excluding carboxylic acids is 1. The maximum Gasteiger partial charge on any atom is 0.243 e. The Labute approximate surface area is 149 Å². The number of anilines is 1. The van der Waals surface area contributed by atoms with E-state index in [1.54, 1.807) is 34.3 Å². The van der Waals surface area contributed by atoms with Crippen molar-refractivity contribution in [3.05, 3.63) is 18.2 Å². The van der Waals surface area contributed by atoms with Crippen LogP contribution in [0.25, 0.3) is 0 Å². The number of carbonyl (C=O) groups is 1. The predicted octanol–water partition coefficient (Wildman–Crippen LogP) is 3.42. The lowest BCUT2D eigenvalue weighted by atomic mass is 10.2. The molecule has 0 radical (unpaired) electrons. The standard InChI is InChI=1S/C17H26N2O3S2/c1-12(2)10-19(11-13(3)4)24(21,22)14-5-6-16-15(9-14)18-17(20)7-8-23-16/h5-6,9,12-13H,7-8,10-11H2,1-4H3,(H,18,20). The number of rotatable bonds is 6. The number of sulfonamides is 1. The maximum absolute atomic E-state index is 13.1. The molecule has 0 aliphatic carbocycles. The first-order valence-electron chi connectivity index (χ1n) is 8.27. The third-order valence-electron chi connectivity index (χ3n) is 3.59. The van der Waals surface area contributed by atoms with E-state index in [4.69, 9.17) is 0 Å². The second-order valence-electron chi connectivity index (χ2n) is 6.91. The van der Waals surface area contributed by atoms with Crippen LogP contribution >= 0.6 is 11.8 Å². The molecule has 0 atom stereocenters. The Bertz CT molecular complexity index is 690. The Kier molecular flexibility index (Phi) is 6.33. The fraction of sp³-hybridized carbons (Fsp3) is 0.588. The van der Waals surface area contributed by atoms with Gasteiger partial charge in [-0.25, -0.2) is 8.42 Å². The van der Waals surface area contributed by atoms with E-state index in [1.165, 1.54) is 0 Å². The molecule has 0 unspecified atom stereocenters. The van der Waals surface area contributed by atoms with E-state index in [1.807, 2.05) is 27.7 Å². The molecule has 0 bridgehead atoms. The number of hydrogen-bond acceptors (Lipinski definition) is 4. The lowest BCUT2D eigenvalue weighted by Gasteiger charge is -2.26. The van der Waals surface area contributed by atoms with Gasteiger partial charge in [0.2, 0.25) is 15.9 Å². The predicted molar refractivity (Wildman–Crippen MR) is 98.8 cm³/mol. The van der Waals surface area contributed by atoms with Gasteiger partial charge in [0.25, 0.3) is 0 Å². The summed E-state index contributed by atoms with van der Waals surface area (Å²) in [5.41, 5.74) is 0.595. The molecule has 1 aromatic rings. The SMILES string of the molecule is CC(C)CN(CC(C)C)S(=O)(=O)c1ccc2c(c1)NC(=O)CCS2. The molecule has 1 aliphatic heterocycles. The number of fused-ring (bicyclic) bond motifs is 1. The Balaban J connectivity index is 2.38. The molecule has 5 nitrogen and oxygen atoms in total. The summed E-state index contributed by atoms with van der Waals surface area (Å²) in [6.07, 6.45) is 0.439. The first-order valence-corrected chi connectivity index (χ1v) is 10.7. The molecule has 1 aromatic carbocycles. The van der Waals surface area contributed by atoms with Crippen molar-refractivity contribution in [2.75, 3.05) is 24.2 Å². The highest BCUT2D eigenvalue weighted by atomic mass is 32.2. The van der Waals surface area contributed by atoms with Crippen molar-refractivity contribution >= 4 is 33.4 Å². The lowest BCUT2D eigenvalue weighted by Crippen LogP contribution is -2.37. The van der Waals surface area contributed by atoms with E-state index in [2.05, 4.69) is 5.32 Å². The van der Waals surface area contributed by atoms with Crippen molar-refractivity contribution in [2.45, 2.75) is 43.9 Å². The minimum absolute atomic E-state index is 0.0722. The Hall–Kier alpha value is -1.05. The fourth-order valence-electron chi connectivity index (χ4n) is 2.59. The molecule has 1 aliphatic rings. The molecule has 134 valence electrons. The first kappa shape index (κ1) is 19.3. The molecule has 1 heterocycles. The number of nitrogens with zero attached hydrogens (tertiary/aromatic N) is 1. The smallest absolute Gasteiger partial charge is 0.243 e. The van der Waals surface area contributed by atoms with Crippen LogP contribution in [0.4, 0.5) is 5.69 Å². The van der Waals surface area contributed by atoms with Gasteiger partial charge in [-0.3, -0.25) is 4.79 Å². The summed E-state index contributed by atoms with van der Waals surface area (Å²) < 4.78 is 27.7. The highest BCUT2D eigenvalue weighted by Crippen LogP contribution is 2.33. The zero-order valence-corrected chi connectivity index (χ0v) is 16.3. The Morgan fingerprint density at radius 1 is 1.17 bits per heavy atom. The van der Waals surface area contributed by atoms with Crippen LogP contribution in [0.5, 0.6) is 0 Å². The molecule has 0 fully saturated rings. The van der Waals surface area contributed by atoms with Crippen LogP contribution in [0.15, 0.2) is 28.0 Å². The van der Waals surface area contributed by atoms with E-state index < -0.39 is 10.0 Å². The zero-order chi connectivity index (χ0) is 17.9. The molecule has 0 aromatic heterocycles. The van der Waals surface area contributed by atoms with E-state index in [0.29, 0.717) is 31.0 Å². The average Bonchev–Trinajstić information content (AvgIpc) is 2.65. The highest BCUT2D eigenvalue weighted by Gasteiger charge is 2.27. The van der Waals surface area contributed by atoms with Gasteiger partial charge in [-0.15, -0.1) is 11.8 Å². The van der Waals surface area contributed by atoms with Crippen molar-refractivity contribution in [3.8, 4) is 0 Å². The third kappa shape index (κ3) is 4.74. The minimum Gasteiger partial charge on any atom is -0.325 e. The van der Waals surface area contributed by atoms with Gasteiger partial charge in [-0.05, 0) is 30.0 Å². The number of amides is 1. The van der Waals surface area contributed by atoms with Crippen molar-refractivity contribution in [1.82, 2.24) is 4.31 Å². The van der Waals surface area contributed by atoms with Gasteiger partial charge in [0.1, 0.15) is 0 Å². The number of hydrogen-bond donors (Lipinski definition) is 1. The van der Waals surface area contributed by atoms with Crippen LogP contribution in [0.3, 0.4) is 0 Å².